The van der Waals surface area contributed by atoms with E-state index in [-0.39, 0.29) is 28.7 Å². The van der Waals surface area contributed by atoms with Crippen LogP contribution in [0.2, 0.25) is 0 Å². The summed E-state index contributed by atoms with van der Waals surface area (Å²) in [5.41, 5.74) is 1.31. The van der Waals surface area contributed by atoms with Crippen molar-refractivity contribution < 1.29 is 4.74 Å². The first-order valence-corrected chi connectivity index (χ1v) is 10.9. The van der Waals surface area contributed by atoms with Crippen molar-refractivity contribution in [3.05, 3.63) is 30.3 Å². The zero-order chi connectivity index (χ0) is 18.2. The van der Waals surface area contributed by atoms with Crippen LogP contribution in [-0.4, -0.2) is 62.9 Å². The maximum atomic E-state index is 5.54. The van der Waals surface area contributed by atoms with Crippen LogP contribution in [0, 0.1) is 0 Å². The van der Waals surface area contributed by atoms with E-state index in [4.69, 9.17) is 4.74 Å². The van der Waals surface area contributed by atoms with Crippen LogP contribution in [-0.2, 0) is 4.74 Å². The predicted octanol–water partition coefficient (Wildman–Crippen LogP) is 3.35. The number of rotatable bonds is 5. The number of para-hydroxylation sites is 1. The molecule has 2 fully saturated rings. The van der Waals surface area contributed by atoms with Crippen LogP contribution in [0.1, 0.15) is 25.7 Å². The fraction of sp³-hybridized carbons (Fsp3) is 0.650. The highest BCUT2D eigenvalue weighted by atomic mass is 127. The van der Waals surface area contributed by atoms with Crippen molar-refractivity contribution in [1.29, 1.82) is 0 Å². The number of nitrogens with one attached hydrogen (secondary N) is 2. The van der Waals surface area contributed by atoms with Crippen molar-refractivity contribution in [2.24, 2.45) is 4.99 Å². The zero-order valence-electron chi connectivity index (χ0n) is 16.4. The Morgan fingerprint density at radius 1 is 1.30 bits per heavy atom. The number of aliphatic imine (C=N–C) groups is 1. The molecule has 2 aliphatic rings. The van der Waals surface area contributed by atoms with E-state index in [0.29, 0.717) is 6.04 Å². The molecule has 1 atom stereocenters. The molecule has 3 rings (SSSR count). The highest BCUT2D eigenvalue weighted by Crippen LogP contribution is 2.33. The number of guanidine groups is 1. The summed E-state index contributed by atoms with van der Waals surface area (Å²) in [6.45, 7) is 4.81. The van der Waals surface area contributed by atoms with E-state index >= 15 is 0 Å². The molecule has 27 heavy (non-hydrogen) atoms. The van der Waals surface area contributed by atoms with Gasteiger partial charge in [0, 0.05) is 56.4 Å². The van der Waals surface area contributed by atoms with Gasteiger partial charge in [0.25, 0.3) is 0 Å². The normalized spacial score (nSPS) is 22.7. The third kappa shape index (κ3) is 6.42. The largest absolute Gasteiger partial charge is 0.381 e. The van der Waals surface area contributed by atoms with Gasteiger partial charge in [-0.05, 0) is 44.1 Å². The Labute approximate surface area is 185 Å². The molecule has 152 valence electrons. The van der Waals surface area contributed by atoms with Crippen molar-refractivity contribution in [2.75, 3.05) is 51.1 Å². The van der Waals surface area contributed by atoms with Gasteiger partial charge in [-0.3, -0.25) is 4.99 Å². The minimum Gasteiger partial charge on any atom is -0.381 e. The fourth-order valence-corrected chi connectivity index (χ4v) is 4.59. The lowest BCUT2D eigenvalue weighted by Gasteiger charge is -2.38. The van der Waals surface area contributed by atoms with Gasteiger partial charge in [0.15, 0.2) is 5.96 Å². The fourth-order valence-electron chi connectivity index (χ4n) is 3.80. The monoisotopic (exact) mass is 504 g/mol. The number of thioether (sulfide) groups is 1. The van der Waals surface area contributed by atoms with Crippen LogP contribution in [0.15, 0.2) is 35.3 Å². The molecule has 2 saturated heterocycles. The Hall–Kier alpha value is -0.670. The molecular formula is C20H33IN4OS. The van der Waals surface area contributed by atoms with Crippen LogP contribution < -0.4 is 15.5 Å². The number of ether oxygens (including phenoxy) is 1. The summed E-state index contributed by atoms with van der Waals surface area (Å²) in [4.78, 5) is 6.93. The molecule has 1 aromatic rings. The number of halogens is 1. The Kier molecular flexibility index (Phi) is 9.52. The van der Waals surface area contributed by atoms with E-state index in [1.165, 1.54) is 18.5 Å². The van der Waals surface area contributed by atoms with Crippen molar-refractivity contribution >= 4 is 47.4 Å². The molecule has 2 aliphatic heterocycles. The molecule has 0 bridgehead atoms. The lowest BCUT2D eigenvalue weighted by atomic mass is 9.99. The first-order chi connectivity index (χ1) is 12.7. The molecule has 7 heteroatoms. The number of piperidine rings is 1. The maximum absolute atomic E-state index is 5.54. The average Bonchev–Trinajstić information content (AvgIpc) is 2.72. The average molecular weight is 504 g/mol. The van der Waals surface area contributed by atoms with E-state index in [9.17, 15) is 0 Å². The molecular weight excluding hydrogens is 471 g/mol. The molecule has 2 heterocycles. The minimum atomic E-state index is 0. The predicted molar refractivity (Wildman–Crippen MR) is 128 cm³/mol. The van der Waals surface area contributed by atoms with Crippen LogP contribution in [0.25, 0.3) is 0 Å². The van der Waals surface area contributed by atoms with Gasteiger partial charge in [-0.25, -0.2) is 0 Å². The standard InChI is InChI=1S/C20H32N4OS.HI/c1-21-19(22-16-20(26-2)10-13-25-14-11-20)23-17-7-6-12-24(15-17)18-8-4-3-5-9-18;/h3-5,8-9,17H,6-7,10-16H2,1-2H3,(H2,21,22,23);1H. The van der Waals surface area contributed by atoms with Gasteiger partial charge in [-0.2, -0.15) is 11.8 Å². The number of hydrogen-bond acceptors (Lipinski definition) is 4. The number of nitrogens with zero attached hydrogens (tertiary/aromatic N) is 2. The summed E-state index contributed by atoms with van der Waals surface area (Å²) in [6.07, 6.45) is 6.80. The topological polar surface area (TPSA) is 48.9 Å². The highest BCUT2D eigenvalue weighted by Gasteiger charge is 2.32. The Morgan fingerprint density at radius 2 is 2.04 bits per heavy atom. The molecule has 5 nitrogen and oxygen atoms in total. The van der Waals surface area contributed by atoms with Gasteiger partial charge in [0.1, 0.15) is 0 Å². The van der Waals surface area contributed by atoms with Crippen molar-refractivity contribution in [3.8, 4) is 0 Å². The third-order valence-corrected chi connectivity index (χ3v) is 6.94. The molecule has 1 aromatic carbocycles. The lowest BCUT2D eigenvalue weighted by Crippen LogP contribution is -2.53. The van der Waals surface area contributed by atoms with E-state index in [2.05, 4.69) is 57.1 Å². The Morgan fingerprint density at radius 3 is 2.70 bits per heavy atom. The van der Waals surface area contributed by atoms with Crippen molar-refractivity contribution in [3.63, 3.8) is 0 Å². The Balaban J connectivity index is 0.00000261. The van der Waals surface area contributed by atoms with Crippen molar-refractivity contribution in [2.45, 2.75) is 36.5 Å². The smallest absolute Gasteiger partial charge is 0.191 e. The second kappa shape index (κ2) is 11.4. The van der Waals surface area contributed by atoms with Crippen LogP contribution in [0.3, 0.4) is 0 Å². The third-order valence-electron chi connectivity index (χ3n) is 5.52. The molecule has 0 amide bonds. The summed E-state index contributed by atoms with van der Waals surface area (Å²) in [5.74, 6) is 0.921. The molecule has 0 spiro atoms. The molecule has 0 aromatic heterocycles. The van der Waals surface area contributed by atoms with Gasteiger partial charge >= 0.3 is 0 Å². The summed E-state index contributed by atoms with van der Waals surface area (Å²) in [7, 11) is 1.86. The summed E-state index contributed by atoms with van der Waals surface area (Å²) in [5, 5.41) is 7.22. The molecule has 0 radical (unpaired) electrons. The summed E-state index contributed by atoms with van der Waals surface area (Å²) in [6, 6.07) is 11.1. The van der Waals surface area contributed by atoms with E-state index in [0.717, 1.165) is 51.6 Å². The molecule has 2 N–H and O–H groups in total. The number of benzene rings is 1. The van der Waals surface area contributed by atoms with Gasteiger partial charge in [-0.1, -0.05) is 18.2 Å². The summed E-state index contributed by atoms with van der Waals surface area (Å²) < 4.78 is 5.80. The number of anilines is 1. The number of hydrogen-bond donors (Lipinski definition) is 2. The van der Waals surface area contributed by atoms with Crippen LogP contribution in [0.5, 0.6) is 0 Å². The molecule has 0 aliphatic carbocycles. The zero-order valence-corrected chi connectivity index (χ0v) is 19.6. The first kappa shape index (κ1) is 22.6. The van der Waals surface area contributed by atoms with Gasteiger partial charge < -0.3 is 20.3 Å². The first-order valence-electron chi connectivity index (χ1n) is 9.65. The van der Waals surface area contributed by atoms with Gasteiger partial charge in [0.2, 0.25) is 0 Å². The van der Waals surface area contributed by atoms with Crippen LogP contribution in [0.4, 0.5) is 5.69 Å². The molecule has 0 saturated carbocycles. The summed E-state index contributed by atoms with van der Waals surface area (Å²) >= 11 is 1.96. The minimum absolute atomic E-state index is 0. The second-order valence-corrected chi connectivity index (χ2v) is 8.46. The van der Waals surface area contributed by atoms with E-state index in [1.807, 2.05) is 18.8 Å². The van der Waals surface area contributed by atoms with Gasteiger partial charge in [0.05, 0.1) is 0 Å². The van der Waals surface area contributed by atoms with Crippen LogP contribution >= 0.6 is 35.7 Å². The maximum Gasteiger partial charge on any atom is 0.191 e. The highest BCUT2D eigenvalue weighted by molar-refractivity contribution is 14.0. The van der Waals surface area contributed by atoms with Crippen molar-refractivity contribution in [1.82, 2.24) is 10.6 Å². The molecule has 1 unspecified atom stereocenters. The second-order valence-electron chi connectivity index (χ2n) is 7.19. The SMILES string of the molecule is CN=C(NCC1(SC)CCOCC1)NC1CCCN(c2ccccc2)C1.I. The lowest BCUT2D eigenvalue weighted by molar-refractivity contribution is 0.0782. The van der Waals surface area contributed by atoms with E-state index in [1.54, 1.807) is 0 Å². The quantitative estimate of drug-likeness (QED) is 0.366. The van der Waals surface area contributed by atoms with Gasteiger partial charge in [-0.15, -0.1) is 24.0 Å². The Bertz CT molecular complexity index is 581. The van der Waals surface area contributed by atoms with E-state index < -0.39 is 0 Å².